The number of aliphatic imine (C=N–C) groups is 1. The fraction of sp³-hybridized carbons (Fsp3) is 0.565. The lowest BCUT2D eigenvalue weighted by Gasteiger charge is -2.34. The van der Waals surface area contributed by atoms with Gasteiger partial charge < -0.3 is 20.7 Å². The normalized spacial score (nSPS) is 20.4. The van der Waals surface area contributed by atoms with Crippen LogP contribution in [0.15, 0.2) is 23.2 Å². The van der Waals surface area contributed by atoms with Gasteiger partial charge >= 0.3 is 0 Å². The van der Waals surface area contributed by atoms with Gasteiger partial charge in [0.1, 0.15) is 5.82 Å². The number of ether oxygens (including phenoxy) is 1. The first-order valence-corrected chi connectivity index (χ1v) is 11.3. The maximum Gasteiger partial charge on any atom is 0.289 e. The number of benzene rings is 1. The zero-order chi connectivity index (χ0) is 21.6. The van der Waals surface area contributed by atoms with Crippen molar-refractivity contribution in [2.45, 2.75) is 57.5 Å². The van der Waals surface area contributed by atoms with Crippen LogP contribution in [0.4, 0.5) is 5.82 Å². The number of amidine groups is 1. The highest BCUT2D eigenvalue weighted by atomic mass is 35.5. The Kier molecular flexibility index (Phi) is 8.64. The van der Waals surface area contributed by atoms with Gasteiger partial charge in [0.15, 0.2) is 0 Å². The van der Waals surface area contributed by atoms with Gasteiger partial charge in [-0.05, 0) is 38.3 Å². The van der Waals surface area contributed by atoms with Crippen molar-refractivity contribution in [2.75, 3.05) is 32.1 Å². The Labute approximate surface area is 195 Å². The number of amides is 1. The lowest BCUT2D eigenvalue weighted by Crippen LogP contribution is -2.48. The fourth-order valence-corrected chi connectivity index (χ4v) is 4.32. The van der Waals surface area contributed by atoms with E-state index in [2.05, 4.69) is 43.9 Å². The highest BCUT2D eigenvalue weighted by molar-refractivity contribution is 5.96. The summed E-state index contributed by atoms with van der Waals surface area (Å²) in [4.78, 5) is 26.4. The first kappa shape index (κ1) is 24.2. The summed E-state index contributed by atoms with van der Waals surface area (Å²) in [6.07, 6.45) is 6.70. The quantitative estimate of drug-likeness (QED) is 0.548. The van der Waals surface area contributed by atoms with Crippen molar-refractivity contribution >= 4 is 40.9 Å². The molecule has 32 heavy (non-hydrogen) atoms. The van der Waals surface area contributed by atoms with E-state index in [0.717, 1.165) is 60.3 Å². The minimum Gasteiger partial charge on any atom is -0.383 e. The van der Waals surface area contributed by atoms with Crippen LogP contribution in [0.25, 0.3) is 10.9 Å². The third-order valence-corrected chi connectivity index (χ3v) is 5.96. The van der Waals surface area contributed by atoms with Crippen molar-refractivity contribution in [2.24, 2.45) is 4.99 Å². The van der Waals surface area contributed by atoms with E-state index in [4.69, 9.17) is 4.74 Å². The molecule has 8 nitrogen and oxygen atoms in total. The van der Waals surface area contributed by atoms with Crippen molar-refractivity contribution in [1.82, 2.24) is 20.6 Å². The van der Waals surface area contributed by atoms with Gasteiger partial charge in [0, 0.05) is 44.1 Å². The summed E-state index contributed by atoms with van der Waals surface area (Å²) >= 11 is 0. The summed E-state index contributed by atoms with van der Waals surface area (Å²) < 4.78 is 5.02. The Bertz CT molecular complexity index is 967. The predicted octanol–water partition coefficient (Wildman–Crippen LogP) is 3.24. The smallest absolute Gasteiger partial charge is 0.289 e. The largest absolute Gasteiger partial charge is 0.383 e. The van der Waals surface area contributed by atoms with Crippen LogP contribution in [-0.4, -0.2) is 60.6 Å². The number of carbonyl (C=O) groups excluding carboxylic acids is 1. The number of nitrogens with one attached hydrogen (secondary N) is 3. The van der Waals surface area contributed by atoms with Gasteiger partial charge in [-0.15, -0.1) is 12.4 Å². The van der Waals surface area contributed by atoms with E-state index in [9.17, 15) is 4.79 Å². The van der Waals surface area contributed by atoms with Gasteiger partial charge in [0.2, 0.25) is 5.82 Å². The van der Waals surface area contributed by atoms with E-state index >= 15 is 0 Å². The van der Waals surface area contributed by atoms with Crippen LogP contribution in [0.1, 0.15) is 54.7 Å². The average molecular weight is 461 g/mol. The SMILES string of the molecule is COCCNC(=O)c1nc(N[C@H]2CCCC[C@H]2NC2=NCCC2)c2cc(C)ccc2n1.Cl. The van der Waals surface area contributed by atoms with E-state index in [1.807, 2.05) is 12.1 Å². The molecule has 3 N–H and O–H groups in total. The third-order valence-electron chi connectivity index (χ3n) is 5.96. The van der Waals surface area contributed by atoms with E-state index in [1.54, 1.807) is 7.11 Å². The van der Waals surface area contributed by atoms with Crippen molar-refractivity contribution in [3.63, 3.8) is 0 Å². The Morgan fingerprint density at radius 1 is 1.12 bits per heavy atom. The minimum absolute atomic E-state index is 0. The summed E-state index contributed by atoms with van der Waals surface area (Å²) in [6, 6.07) is 6.57. The van der Waals surface area contributed by atoms with Gasteiger partial charge in [-0.2, -0.15) is 0 Å². The molecule has 1 amide bonds. The first-order chi connectivity index (χ1) is 15.1. The molecule has 2 heterocycles. The second-order valence-corrected chi connectivity index (χ2v) is 8.38. The van der Waals surface area contributed by atoms with Crippen molar-refractivity contribution in [3.05, 3.63) is 29.6 Å². The zero-order valence-electron chi connectivity index (χ0n) is 18.8. The maximum absolute atomic E-state index is 12.6. The number of rotatable bonds is 7. The van der Waals surface area contributed by atoms with Gasteiger partial charge in [-0.3, -0.25) is 9.79 Å². The number of fused-ring (bicyclic) bond motifs is 1. The lowest BCUT2D eigenvalue weighted by molar-refractivity contribution is 0.0927. The number of aryl methyl sites for hydroxylation is 1. The molecule has 0 spiro atoms. The van der Waals surface area contributed by atoms with Crippen LogP contribution in [0.5, 0.6) is 0 Å². The number of halogens is 1. The number of nitrogens with zero attached hydrogens (tertiary/aromatic N) is 3. The second kappa shape index (κ2) is 11.4. The highest BCUT2D eigenvalue weighted by Crippen LogP contribution is 2.27. The molecule has 1 aliphatic carbocycles. The molecular formula is C23H33ClN6O2. The summed E-state index contributed by atoms with van der Waals surface area (Å²) in [7, 11) is 1.61. The molecule has 1 saturated carbocycles. The molecule has 4 rings (SSSR count). The molecule has 1 aromatic heterocycles. The Balaban J connectivity index is 0.00000289. The molecule has 1 fully saturated rings. The molecule has 9 heteroatoms. The lowest BCUT2D eigenvalue weighted by atomic mass is 9.90. The average Bonchev–Trinajstić information content (AvgIpc) is 3.28. The molecule has 2 atom stereocenters. The van der Waals surface area contributed by atoms with Crippen LogP contribution < -0.4 is 16.0 Å². The second-order valence-electron chi connectivity index (χ2n) is 8.38. The Morgan fingerprint density at radius 3 is 2.62 bits per heavy atom. The molecule has 0 unspecified atom stereocenters. The van der Waals surface area contributed by atoms with Gasteiger partial charge in [-0.25, -0.2) is 9.97 Å². The number of carbonyl (C=O) groups is 1. The van der Waals surface area contributed by atoms with E-state index < -0.39 is 0 Å². The summed E-state index contributed by atoms with van der Waals surface area (Å²) in [6.45, 7) is 3.84. The van der Waals surface area contributed by atoms with E-state index in [1.165, 1.54) is 12.8 Å². The molecule has 174 valence electrons. The zero-order valence-corrected chi connectivity index (χ0v) is 19.6. The third kappa shape index (κ3) is 5.86. The molecule has 0 radical (unpaired) electrons. The topological polar surface area (TPSA) is 101 Å². The maximum atomic E-state index is 12.6. The number of anilines is 1. The highest BCUT2D eigenvalue weighted by Gasteiger charge is 2.27. The Hall–Kier alpha value is -2.45. The molecule has 0 bridgehead atoms. The molecule has 2 aromatic rings. The van der Waals surface area contributed by atoms with Crippen LogP contribution >= 0.6 is 12.4 Å². The van der Waals surface area contributed by atoms with Crippen LogP contribution in [0.2, 0.25) is 0 Å². The van der Waals surface area contributed by atoms with Crippen molar-refractivity contribution in [1.29, 1.82) is 0 Å². The summed E-state index contributed by atoms with van der Waals surface area (Å²) in [5.74, 6) is 1.73. The predicted molar refractivity (Wildman–Crippen MR) is 130 cm³/mol. The first-order valence-electron chi connectivity index (χ1n) is 11.3. The molecule has 1 aliphatic heterocycles. The molecule has 1 aromatic carbocycles. The molecular weight excluding hydrogens is 428 g/mol. The van der Waals surface area contributed by atoms with Crippen LogP contribution in [-0.2, 0) is 4.74 Å². The van der Waals surface area contributed by atoms with Gasteiger partial charge in [-0.1, -0.05) is 24.5 Å². The number of methoxy groups -OCH3 is 1. The standard InChI is InChI=1S/C23H32N6O2.ClH/c1-15-9-10-17-16(14-15)21(29-22(27-17)23(30)25-12-13-31-2)28-19-7-4-3-6-18(19)26-20-8-5-11-24-20;/h9-10,14,18-19H,3-8,11-13H2,1-2H3,(H,24,26)(H,25,30)(H,27,28,29);1H/t18-,19+;/m1./s1. The number of hydrogen-bond acceptors (Lipinski definition) is 7. The van der Waals surface area contributed by atoms with Crippen molar-refractivity contribution < 1.29 is 9.53 Å². The molecule has 2 aliphatic rings. The molecule has 0 saturated heterocycles. The fourth-order valence-electron chi connectivity index (χ4n) is 4.32. The van der Waals surface area contributed by atoms with Crippen LogP contribution in [0, 0.1) is 6.92 Å². The summed E-state index contributed by atoms with van der Waals surface area (Å²) in [5, 5.41) is 11.1. The van der Waals surface area contributed by atoms with Gasteiger partial charge in [0.05, 0.1) is 18.0 Å². The monoisotopic (exact) mass is 460 g/mol. The van der Waals surface area contributed by atoms with Gasteiger partial charge in [0.25, 0.3) is 5.91 Å². The minimum atomic E-state index is -0.291. The number of aromatic nitrogens is 2. The number of hydrogen-bond donors (Lipinski definition) is 3. The summed E-state index contributed by atoms with van der Waals surface area (Å²) in [5.41, 5.74) is 1.90. The van der Waals surface area contributed by atoms with Crippen LogP contribution in [0.3, 0.4) is 0 Å². The van der Waals surface area contributed by atoms with E-state index in [-0.39, 0.29) is 30.2 Å². The van der Waals surface area contributed by atoms with Crippen molar-refractivity contribution in [3.8, 4) is 0 Å². The van der Waals surface area contributed by atoms with E-state index in [0.29, 0.717) is 19.2 Å². The Morgan fingerprint density at radius 2 is 1.91 bits per heavy atom.